The molecule has 0 saturated heterocycles. The summed E-state index contributed by atoms with van der Waals surface area (Å²) >= 11 is 7.56. The number of rotatable bonds is 5. The van der Waals surface area contributed by atoms with Gasteiger partial charge in [-0.15, -0.1) is 11.3 Å². The van der Waals surface area contributed by atoms with Crippen LogP contribution in [0.4, 0.5) is 0 Å². The van der Waals surface area contributed by atoms with Crippen molar-refractivity contribution < 1.29 is 13.2 Å². The van der Waals surface area contributed by atoms with E-state index in [-0.39, 0.29) is 21.4 Å². The van der Waals surface area contributed by atoms with Crippen LogP contribution in [-0.4, -0.2) is 19.9 Å². The van der Waals surface area contributed by atoms with Gasteiger partial charge in [-0.1, -0.05) is 17.7 Å². The zero-order valence-corrected chi connectivity index (χ0v) is 16.0. The lowest BCUT2D eigenvalue weighted by Gasteiger charge is -2.21. The van der Waals surface area contributed by atoms with Gasteiger partial charge in [0.15, 0.2) is 0 Å². The highest BCUT2D eigenvalue weighted by Crippen LogP contribution is 2.24. The number of hydrogen-bond acceptors (Lipinski definition) is 4. The molecular weight excluding hydrogens is 368 g/mol. The van der Waals surface area contributed by atoms with Gasteiger partial charge in [0, 0.05) is 16.0 Å². The van der Waals surface area contributed by atoms with Gasteiger partial charge in [-0.2, -0.15) is 0 Å². The smallest absolute Gasteiger partial charge is 0.251 e. The van der Waals surface area contributed by atoms with Crippen LogP contribution < -0.4 is 10.0 Å². The number of thiophene rings is 1. The van der Waals surface area contributed by atoms with Crippen LogP contribution >= 0.6 is 22.9 Å². The molecule has 0 aliphatic rings. The van der Waals surface area contributed by atoms with E-state index >= 15 is 0 Å². The molecule has 130 valence electrons. The van der Waals surface area contributed by atoms with Crippen molar-refractivity contribution in [3.8, 4) is 0 Å². The van der Waals surface area contributed by atoms with Gasteiger partial charge in [0.25, 0.3) is 5.91 Å². The predicted octanol–water partition coefficient (Wildman–Crippen LogP) is 3.41. The van der Waals surface area contributed by atoms with Gasteiger partial charge in [-0.25, -0.2) is 13.1 Å². The Hall–Kier alpha value is -1.41. The summed E-state index contributed by atoms with van der Waals surface area (Å²) in [6.45, 7) is 5.59. The number of carbonyl (C=O) groups excluding carboxylic acids is 1. The van der Waals surface area contributed by atoms with Gasteiger partial charge >= 0.3 is 0 Å². The predicted molar refractivity (Wildman–Crippen MR) is 97.0 cm³/mol. The van der Waals surface area contributed by atoms with Crippen molar-refractivity contribution in [2.45, 2.75) is 37.8 Å². The molecule has 1 amide bonds. The Labute approximate surface area is 151 Å². The topological polar surface area (TPSA) is 75.3 Å². The van der Waals surface area contributed by atoms with Crippen molar-refractivity contribution >= 4 is 38.9 Å². The number of amides is 1. The fraction of sp³-hybridized carbons (Fsp3) is 0.312. The van der Waals surface area contributed by atoms with E-state index in [1.165, 1.54) is 29.5 Å². The fourth-order valence-electron chi connectivity index (χ4n) is 1.99. The molecule has 0 bridgehead atoms. The lowest BCUT2D eigenvalue weighted by molar-refractivity contribution is 0.0951. The highest BCUT2D eigenvalue weighted by Gasteiger charge is 2.25. The zero-order chi connectivity index (χ0) is 18.0. The Morgan fingerprint density at radius 3 is 2.54 bits per heavy atom. The number of benzene rings is 1. The van der Waals surface area contributed by atoms with Crippen LogP contribution in [0.3, 0.4) is 0 Å². The van der Waals surface area contributed by atoms with E-state index in [0.29, 0.717) is 6.54 Å². The molecule has 0 unspecified atom stereocenters. The standard InChI is InChI=1S/C16H19ClN2O3S2/c1-16(2,3)19-24(21,22)14-9-11(6-7-13(14)17)15(20)18-10-12-5-4-8-23-12/h4-9,19H,10H2,1-3H3,(H,18,20). The summed E-state index contributed by atoms with van der Waals surface area (Å²) in [6, 6.07) is 8.02. The molecule has 5 nitrogen and oxygen atoms in total. The minimum Gasteiger partial charge on any atom is -0.347 e. The largest absolute Gasteiger partial charge is 0.347 e. The minimum absolute atomic E-state index is 0.0709. The summed E-state index contributed by atoms with van der Waals surface area (Å²) in [6.07, 6.45) is 0. The van der Waals surface area contributed by atoms with Gasteiger partial charge < -0.3 is 5.32 Å². The molecule has 0 radical (unpaired) electrons. The molecule has 0 saturated carbocycles. The maximum Gasteiger partial charge on any atom is 0.251 e. The van der Waals surface area contributed by atoms with E-state index in [0.717, 1.165) is 4.88 Å². The first kappa shape index (κ1) is 18.9. The number of sulfonamides is 1. The highest BCUT2D eigenvalue weighted by molar-refractivity contribution is 7.89. The molecule has 0 spiro atoms. The molecule has 24 heavy (non-hydrogen) atoms. The first-order valence-corrected chi connectivity index (χ1v) is 9.97. The quantitative estimate of drug-likeness (QED) is 0.826. The third kappa shape index (κ3) is 5.04. The number of nitrogens with one attached hydrogen (secondary N) is 2. The van der Waals surface area contributed by atoms with E-state index in [4.69, 9.17) is 11.6 Å². The molecule has 2 rings (SSSR count). The summed E-state index contributed by atoms with van der Waals surface area (Å²) in [5.74, 6) is -0.354. The molecule has 0 aliphatic heterocycles. The van der Waals surface area contributed by atoms with Crippen molar-refractivity contribution in [2.75, 3.05) is 0 Å². The van der Waals surface area contributed by atoms with Crippen LogP contribution in [0.15, 0.2) is 40.6 Å². The van der Waals surface area contributed by atoms with Crippen LogP contribution in [0.2, 0.25) is 5.02 Å². The number of hydrogen-bond donors (Lipinski definition) is 2. The third-order valence-electron chi connectivity index (χ3n) is 2.93. The van der Waals surface area contributed by atoms with E-state index < -0.39 is 15.6 Å². The van der Waals surface area contributed by atoms with Crippen LogP contribution in [-0.2, 0) is 16.6 Å². The van der Waals surface area contributed by atoms with Gasteiger partial charge in [-0.3, -0.25) is 4.79 Å². The highest BCUT2D eigenvalue weighted by atomic mass is 35.5. The van der Waals surface area contributed by atoms with Crippen molar-refractivity contribution in [2.24, 2.45) is 0 Å². The second-order valence-electron chi connectivity index (χ2n) is 6.26. The summed E-state index contributed by atoms with van der Waals surface area (Å²) < 4.78 is 27.5. The number of halogens is 1. The molecule has 0 atom stereocenters. The molecule has 2 aromatic rings. The van der Waals surface area contributed by atoms with Gasteiger partial charge in [0.1, 0.15) is 4.90 Å². The Kier molecular flexibility index (Phi) is 5.70. The Bertz CT molecular complexity index is 826. The van der Waals surface area contributed by atoms with Crippen LogP contribution in [0.1, 0.15) is 36.0 Å². The Balaban J connectivity index is 2.23. The van der Waals surface area contributed by atoms with Crippen LogP contribution in [0.25, 0.3) is 0 Å². The second kappa shape index (κ2) is 7.23. The van der Waals surface area contributed by atoms with E-state index in [9.17, 15) is 13.2 Å². The SMILES string of the molecule is CC(C)(C)NS(=O)(=O)c1cc(C(=O)NCc2cccs2)ccc1Cl. The van der Waals surface area contributed by atoms with Crippen molar-refractivity contribution in [3.63, 3.8) is 0 Å². The van der Waals surface area contributed by atoms with Gasteiger partial charge in [0.05, 0.1) is 11.6 Å². The van der Waals surface area contributed by atoms with Crippen molar-refractivity contribution in [1.82, 2.24) is 10.0 Å². The molecule has 0 aliphatic carbocycles. The van der Waals surface area contributed by atoms with E-state index in [1.807, 2.05) is 17.5 Å². The van der Waals surface area contributed by atoms with E-state index in [1.54, 1.807) is 20.8 Å². The summed E-state index contributed by atoms with van der Waals surface area (Å²) in [5, 5.41) is 4.76. The van der Waals surface area contributed by atoms with Crippen molar-refractivity contribution in [3.05, 3.63) is 51.2 Å². The molecule has 1 heterocycles. The minimum atomic E-state index is -3.82. The monoisotopic (exact) mass is 386 g/mol. The lowest BCUT2D eigenvalue weighted by atomic mass is 10.1. The molecule has 0 fully saturated rings. The third-order valence-corrected chi connectivity index (χ3v) is 6.04. The summed E-state index contributed by atoms with van der Waals surface area (Å²) in [7, 11) is -3.82. The molecular formula is C16H19ClN2O3S2. The maximum absolute atomic E-state index is 12.5. The van der Waals surface area contributed by atoms with Gasteiger partial charge in [-0.05, 0) is 50.4 Å². The van der Waals surface area contributed by atoms with Gasteiger partial charge in [0.2, 0.25) is 10.0 Å². The molecule has 2 N–H and O–H groups in total. The molecule has 1 aromatic heterocycles. The summed E-state index contributed by atoms with van der Waals surface area (Å²) in [4.78, 5) is 13.2. The van der Waals surface area contributed by atoms with Crippen LogP contribution in [0.5, 0.6) is 0 Å². The fourth-order valence-corrected chi connectivity index (χ4v) is 4.58. The number of carbonyl (C=O) groups is 1. The average Bonchev–Trinajstić information content (AvgIpc) is 2.95. The molecule has 8 heteroatoms. The lowest BCUT2D eigenvalue weighted by Crippen LogP contribution is -2.40. The first-order chi connectivity index (χ1) is 11.1. The zero-order valence-electron chi connectivity index (χ0n) is 13.6. The average molecular weight is 387 g/mol. The maximum atomic E-state index is 12.5. The first-order valence-electron chi connectivity index (χ1n) is 7.22. The van der Waals surface area contributed by atoms with Crippen molar-refractivity contribution in [1.29, 1.82) is 0 Å². The second-order valence-corrected chi connectivity index (χ2v) is 9.35. The van der Waals surface area contributed by atoms with Crippen LogP contribution in [0, 0.1) is 0 Å². The Morgan fingerprint density at radius 2 is 1.96 bits per heavy atom. The van der Waals surface area contributed by atoms with E-state index in [2.05, 4.69) is 10.0 Å². The molecule has 1 aromatic carbocycles. The Morgan fingerprint density at radius 1 is 1.25 bits per heavy atom. The summed E-state index contributed by atoms with van der Waals surface area (Å²) in [5.41, 5.74) is -0.412. The normalized spacial score (nSPS) is 12.2.